The van der Waals surface area contributed by atoms with Crippen LogP contribution in [0.1, 0.15) is 31.4 Å². The second-order valence-electron chi connectivity index (χ2n) is 5.28. The van der Waals surface area contributed by atoms with Crippen LogP contribution in [0.15, 0.2) is 24.3 Å². The second kappa shape index (κ2) is 11.1. The van der Waals surface area contributed by atoms with Crippen LogP contribution < -0.4 is 11.1 Å². The van der Waals surface area contributed by atoms with E-state index >= 15 is 0 Å². The average molecular weight is 337 g/mol. The van der Waals surface area contributed by atoms with Crippen molar-refractivity contribution in [3.63, 3.8) is 0 Å². The number of rotatable bonds is 11. The number of nitrogens with zero attached hydrogens (tertiary/aromatic N) is 1. The Morgan fingerprint density at radius 2 is 1.83 bits per heavy atom. The number of nitrogens with two attached hydrogens (primary N) is 1. The van der Waals surface area contributed by atoms with E-state index in [1.807, 2.05) is 12.1 Å². The van der Waals surface area contributed by atoms with E-state index in [2.05, 4.69) is 36.2 Å². The van der Waals surface area contributed by atoms with Gasteiger partial charge in [-0.25, -0.2) is 0 Å². The lowest BCUT2D eigenvalue weighted by Crippen LogP contribution is -2.26. The van der Waals surface area contributed by atoms with Crippen LogP contribution in [0.5, 0.6) is 0 Å². The molecule has 0 radical (unpaired) electrons. The van der Waals surface area contributed by atoms with Gasteiger partial charge in [-0.15, -0.1) is 0 Å². The van der Waals surface area contributed by atoms with E-state index in [9.17, 15) is 9.59 Å². The molecule has 1 rings (SSSR count). The molecule has 5 nitrogen and oxygen atoms in total. The van der Waals surface area contributed by atoms with Gasteiger partial charge in [0.15, 0.2) is 0 Å². The Morgan fingerprint density at radius 3 is 2.43 bits per heavy atom. The Hall–Kier alpha value is -1.53. The molecule has 0 atom stereocenters. The zero-order chi connectivity index (χ0) is 17.1. The molecule has 0 saturated carbocycles. The number of thioether (sulfide) groups is 1. The Balaban J connectivity index is 2.44. The third kappa shape index (κ3) is 8.04. The first-order valence-electron chi connectivity index (χ1n) is 7.98. The minimum atomic E-state index is -0.347. The summed E-state index contributed by atoms with van der Waals surface area (Å²) < 4.78 is 0. The van der Waals surface area contributed by atoms with Crippen LogP contribution in [0.4, 0.5) is 0 Å². The lowest BCUT2D eigenvalue weighted by Gasteiger charge is -2.20. The Morgan fingerprint density at radius 1 is 1.17 bits per heavy atom. The highest BCUT2D eigenvalue weighted by atomic mass is 32.2. The van der Waals surface area contributed by atoms with Crippen LogP contribution >= 0.6 is 11.8 Å². The maximum absolute atomic E-state index is 11.9. The minimum Gasteiger partial charge on any atom is -0.369 e. The zero-order valence-electron chi connectivity index (χ0n) is 14.0. The molecule has 1 aromatic carbocycles. The molecular weight excluding hydrogens is 310 g/mol. The molecule has 1 aromatic rings. The predicted octanol–water partition coefficient (Wildman–Crippen LogP) is 1.75. The highest BCUT2D eigenvalue weighted by Crippen LogP contribution is 2.12. The number of nitrogens with one attached hydrogen (secondary N) is 1. The summed E-state index contributed by atoms with van der Waals surface area (Å²) in [7, 11) is 0. The van der Waals surface area contributed by atoms with Crippen molar-refractivity contribution in [2.24, 2.45) is 5.73 Å². The van der Waals surface area contributed by atoms with Gasteiger partial charge in [0.05, 0.1) is 5.75 Å². The Bertz CT molecular complexity index is 504. The number of primary amides is 1. The second-order valence-corrected chi connectivity index (χ2v) is 6.38. The molecule has 0 aliphatic carbocycles. The fourth-order valence-electron chi connectivity index (χ4n) is 2.19. The SMILES string of the molecule is CCN(CC)Cc1ccccc1CNC(=O)CCSCC(N)=O. The van der Waals surface area contributed by atoms with E-state index in [1.54, 1.807) is 0 Å². The molecular formula is C17H27N3O2S. The number of hydrogen-bond acceptors (Lipinski definition) is 4. The van der Waals surface area contributed by atoms with Crippen molar-refractivity contribution in [1.29, 1.82) is 0 Å². The number of amides is 2. The van der Waals surface area contributed by atoms with Crippen LogP contribution in [-0.4, -0.2) is 41.3 Å². The zero-order valence-corrected chi connectivity index (χ0v) is 14.8. The molecule has 0 heterocycles. The van der Waals surface area contributed by atoms with E-state index in [-0.39, 0.29) is 17.6 Å². The van der Waals surface area contributed by atoms with Crippen molar-refractivity contribution in [2.45, 2.75) is 33.4 Å². The summed E-state index contributed by atoms with van der Waals surface area (Å²) in [5.74, 6) is 0.524. The quantitative estimate of drug-likeness (QED) is 0.603. The van der Waals surface area contributed by atoms with E-state index in [1.165, 1.54) is 17.3 Å². The highest BCUT2D eigenvalue weighted by Gasteiger charge is 2.08. The molecule has 0 aliphatic heterocycles. The van der Waals surface area contributed by atoms with Gasteiger partial charge in [-0.05, 0) is 24.2 Å². The number of carbonyl (C=O) groups is 2. The molecule has 0 unspecified atom stereocenters. The van der Waals surface area contributed by atoms with Gasteiger partial charge in [0, 0.05) is 25.3 Å². The van der Waals surface area contributed by atoms with Crippen molar-refractivity contribution >= 4 is 23.6 Å². The van der Waals surface area contributed by atoms with Gasteiger partial charge in [-0.2, -0.15) is 11.8 Å². The van der Waals surface area contributed by atoms with Crippen LogP contribution in [-0.2, 0) is 22.7 Å². The molecule has 0 bridgehead atoms. The van der Waals surface area contributed by atoms with Crippen LogP contribution in [0.25, 0.3) is 0 Å². The van der Waals surface area contributed by atoms with Crippen LogP contribution in [0, 0.1) is 0 Å². The molecule has 0 saturated heterocycles. The van der Waals surface area contributed by atoms with E-state index in [0.29, 0.717) is 18.7 Å². The molecule has 3 N–H and O–H groups in total. The molecule has 23 heavy (non-hydrogen) atoms. The largest absolute Gasteiger partial charge is 0.369 e. The first-order chi connectivity index (χ1) is 11.1. The smallest absolute Gasteiger partial charge is 0.227 e. The maximum Gasteiger partial charge on any atom is 0.227 e. The Labute approximate surface area is 143 Å². The summed E-state index contributed by atoms with van der Waals surface area (Å²) >= 11 is 1.39. The minimum absolute atomic E-state index is 0.000359. The molecule has 0 aliphatic rings. The fraction of sp³-hybridized carbons (Fsp3) is 0.529. The van der Waals surface area contributed by atoms with Crippen molar-refractivity contribution < 1.29 is 9.59 Å². The number of carbonyl (C=O) groups excluding carboxylic acids is 2. The third-order valence-corrected chi connectivity index (χ3v) is 4.58. The van der Waals surface area contributed by atoms with Gasteiger partial charge in [0.1, 0.15) is 0 Å². The first kappa shape index (κ1) is 19.5. The van der Waals surface area contributed by atoms with Gasteiger partial charge in [-0.1, -0.05) is 38.1 Å². The van der Waals surface area contributed by atoms with Crippen molar-refractivity contribution in [3.05, 3.63) is 35.4 Å². The first-order valence-corrected chi connectivity index (χ1v) is 9.14. The third-order valence-electron chi connectivity index (χ3n) is 3.60. The summed E-state index contributed by atoms with van der Waals surface area (Å²) in [5, 5.41) is 2.95. The number of benzene rings is 1. The summed E-state index contributed by atoms with van der Waals surface area (Å²) in [5.41, 5.74) is 7.46. The van der Waals surface area contributed by atoms with E-state index < -0.39 is 0 Å². The summed E-state index contributed by atoms with van der Waals surface area (Å²) in [6.45, 7) is 7.75. The predicted molar refractivity (Wildman–Crippen MR) is 96.1 cm³/mol. The maximum atomic E-state index is 11.9. The topological polar surface area (TPSA) is 75.4 Å². The van der Waals surface area contributed by atoms with Crippen molar-refractivity contribution in [3.8, 4) is 0 Å². The Kier molecular flexibility index (Phi) is 9.40. The standard InChI is InChI=1S/C17H27N3O2S/c1-3-20(4-2)12-15-8-6-5-7-14(15)11-19-17(22)9-10-23-13-16(18)21/h5-8H,3-4,9-13H2,1-2H3,(H2,18,21)(H,19,22). The fourth-order valence-corrected chi connectivity index (χ4v) is 2.87. The molecule has 6 heteroatoms. The average Bonchev–Trinajstić information content (AvgIpc) is 2.55. The van der Waals surface area contributed by atoms with E-state index in [0.717, 1.165) is 25.2 Å². The van der Waals surface area contributed by atoms with Crippen molar-refractivity contribution in [1.82, 2.24) is 10.2 Å². The van der Waals surface area contributed by atoms with Crippen LogP contribution in [0.2, 0.25) is 0 Å². The van der Waals surface area contributed by atoms with Gasteiger partial charge < -0.3 is 11.1 Å². The molecule has 128 valence electrons. The molecule has 0 aromatic heterocycles. The lowest BCUT2D eigenvalue weighted by atomic mass is 10.1. The summed E-state index contributed by atoms with van der Waals surface area (Å²) in [6.07, 6.45) is 0.399. The van der Waals surface area contributed by atoms with Gasteiger partial charge in [0.2, 0.25) is 11.8 Å². The summed E-state index contributed by atoms with van der Waals surface area (Å²) in [4.78, 5) is 24.8. The van der Waals surface area contributed by atoms with Gasteiger partial charge >= 0.3 is 0 Å². The molecule has 0 spiro atoms. The van der Waals surface area contributed by atoms with Gasteiger partial charge in [0.25, 0.3) is 0 Å². The van der Waals surface area contributed by atoms with Crippen molar-refractivity contribution in [2.75, 3.05) is 24.6 Å². The van der Waals surface area contributed by atoms with E-state index in [4.69, 9.17) is 5.73 Å². The highest BCUT2D eigenvalue weighted by molar-refractivity contribution is 7.99. The molecule has 0 fully saturated rings. The van der Waals surface area contributed by atoms with Gasteiger partial charge in [-0.3, -0.25) is 14.5 Å². The monoisotopic (exact) mass is 337 g/mol. The lowest BCUT2D eigenvalue weighted by molar-refractivity contribution is -0.121. The number of hydrogen-bond donors (Lipinski definition) is 2. The van der Waals surface area contributed by atoms with Crippen LogP contribution in [0.3, 0.4) is 0 Å². The molecule has 2 amide bonds. The normalized spacial score (nSPS) is 10.7. The summed E-state index contributed by atoms with van der Waals surface area (Å²) in [6, 6.07) is 8.20.